The number of thioether (sulfide) groups is 1. The van der Waals surface area contributed by atoms with Gasteiger partial charge in [-0.1, -0.05) is 12.2 Å². The van der Waals surface area contributed by atoms with Gasteiger partial charge in [0.25, 0.3) is 5.56 Å². The van der Waals surface area contributed by atoms with Crippen LogP contribution in [0.4, 0.5) is 0 Å². The number of aromatic nitrogens is 1. The highest BCUT2D eigenvalue weighted by Gasteiger charge is 2.06. The molecule has 0 spiro atoms. The van der Waals surface area contributed by atoms with Crippen LogP contribution in [0.5, 0.6) is 0 Å². The zero-order chi connectivity index (χ0) is 13.1. The van der Waals surface area contributed by atoms with Gasteiger partial charge in [-0.05, 0) is 48.0 Å². The third-order valence-electron chi connectivity index (χ3n) is 2.84. The van der Waals surface area contributed by atoms with Crippen molar-refractivity contribution in [1.82, 2.24) is 4.57 Å². The second kappa shape index (κ2) is 5.89. The molecule has 1 aliphatic heterocycles. The first-order valence-corrected chi connectivity index (χ1v) is 7.91. The van der Waals surface area contributed by atoms with E-state index < -0.39 is 0 Å². The van der Waals surface area contributed by atoms with Crippen molar-refractivity contribution in [3.63, 3.8) is 0 Å². The number of hydrogen-bond donors (Lipinski definition) is 0. The van der Waals surface area contributed by atoms with E-state index in [0.29, 0.717) is 11.0 Å². The molecular formula is C13H15BrN2OS. The molecule has 96 valence electrons. The lowest BCUT2D eigenvalue weighted by Gasteiger charge is -2.07. The fraction of sp³-hybridized carbons (Fsp3) is 0.385. The number of halogens is 1. The first-order valence-electron chi connectivity index (χ1n) is 5.89. The predicted molar refractivity (Wildman–Crippen MR) is 80.2 cm³/mol. The molecule has 5 heteroatoms. The molecule has 0 amide bonds. The maximum Gasteiger partial charge on any atom is 0.266 e. The Balaban J connectivity index is 2.88. The van der Waals surface area contributed by atoms with Crippen molar-refractivity contribution in [3.05, 3.63) is 42.7 Å². The predicted octanol–water partition coefficient (Wildman–Crippen LogP) is 2.03. The maximum atomic E-state index is 12.1. The lowest BCUT2D eigenvalue weighted by Crippen LogP contribution is -2.43. The van der Waals surface area contributed by atoms with Crippen molar-refractivity contribution >= 4 is 33.8 Å². The van der Waals surface area contributed by atoms with Crippen LogP contribution in [0.15, 0.2) is 31.4 Å². The minimum absolute atomic E-state index is 0.0190. The maximum absolute atomic E-state index is 12.1. The summed E-state index contributed by atoms with van der Waals surface area (Å²) in [4.78, 5) is 16.7. The molecule has 0 radical (unpaired) electrons. The smallest absolute Gasteiger partial charge is 0.266 e. The van der Waals surface area contributed by atoms with Crippen LogP contribution in [-0.4, -0.2) is 10.8 Å². The van der Waals surface area contributed by atoms with Gasteiger partial charge < -0.3 is 0 Å². The third kappa shape index (κ3) is 2.62. The molecule has 0 N–H and O–H groups in total. The van der Waals surface area contributed by atoms with Crippen LogP contribution in [0.1, 0.15) is 19.8 Å². The molecule has 0 aromatic carbocycles. The molecule has 2 heterocycles. The van der Waals surface area contributed by atoms with E-state index in [1.807, 2.05) is 19.2 Å². The number of nitrogens with zero attached hydrogens (tertiary/aromatic N) is 2. The van der Waals surface area contributed by atoms with Crippen LogP contribution in [0.2, 0.25) is 0 Å². The van der Waals surface area contributed by atoms with E-state index in [0.717, 1.165) is 28.6 Å². The first kappa shape index (κ1) is 13.6. The number of fused-ring (bicyclic) bond motifs is 1. The summed E-state index contributed by atoms with van der Waals surface area (Å²) in [6.45, 7) is 2.59. The van der Waals surface area contributed by atoms with Crippen molar-refractivity contribution in [2.75, 3.05) is 6.26 Å². The second-order valence-electron chi connectivity index (χ2n) is 3.96. The number of hydrogen-bond acceptors (Lipinski definition) is 3. The molecule has 18 heavy (non-hydrogen) atoms. The quantitative estimate of drug-likeness (QED) is 0.833. The molecule has 1 aromatic heterocycles. The summed E-state index contributed by atoms with van der Waals surface area (Å²) in [7, 11) is 0. The van der Waals surface area contributed by atoms with E-state index in [2.05, 4.69) is 33.1 Å². The largest absolute Gasteiger partial charge is 0.292 e. The Kier molecular flexibility index (Phi) is 4.45. The van der Waals surface area contributed by atoms with Gasteiger partial charge in [0, 0.05) is 11.8 Å². The highest BCUT2D eigenvalue weighted by atomic mass is 79.9. The third-order valence-corrected chi connectivity index (χ3v) is 4.08. The van der Waals surface area contributed by atoms with E-state index >= 15 is 0 Å². The lowest BCUT2D eigenvalue weighted by atomic mass is 10.2. The van der Waals surface area contributed by atoms with Gasteiger partial charge in [-0.25, -0.2) is 4.99 Å². The average molecular weight is 327 g/mol. The molecular weight excluding hydrogens is 312 g/mol. The van der Waals surface area contributed by atoms with Crippen LogP contribution in [-0.2, 0) is 6.54 Å². The Labute approximate surface area is 118 Å². The second-order valence-corrected chi connectivity index (χ2v) is 5.64. The summed E-state index contributed by atoms with van der Waals surface area (Å²) >= 11 is 4.94. The normalized spacial score (nSPS) is 21.4. The van der Waals surface area contributed by atoms with E-state index in [4.69, 9.17) is 0 Å². The van der Waals surface area contributed by atoms with Crippen molar-refractivity contribution in [2.45, 2.75) is 26.3 Å². The van der Waals surface area contributed by atoms with Crippen molar-refractivity contribution in [1.29, 1.82) is 0 Å². The number of allylic oxidation sites excluding steroid dienone is 1. The summed E-state index contributed by atoms with van der Waals surface area (Å²) < 4.78 is 2.32. The van der Waals surface area contributed by atoms with Crippen LogP contribution in [0.25, 0.3) is 6.08 Å². The Morgan fingerprint density at radius 1 is 1.44 bits per heavy atom. The van der Waals surface area contributed by atoms with Crippen LogP contribution >= 0.6 is 27.7 Å². The van der Waals surface area contributed by atoms with E-state index in [1.54, 1.807) is 16.3 Å². The van der Waals surface area contributed by atoms with Crippen LogP contribution < -0.4 is 16.3 Å². The summed E-state index contributed by atoms with van der Waals surface area (Å²) in [5, 5.41) is 2.01. The topological polar surface area (TPSA) is 34.4 Å². The van der Waals surface area contributed by atoms with Crippen LogP contribution in [0, 0.1) is 0 Å². The summed E-state index contributed by atoms with van der Waals surface area (Å²) in [5.41, 5.74) is 0.750. The minimum atomic E-state index is -0.0190. The average Bonchev–Trinajstić information content (AvgIpc) is 2.35. The molecule has 1 aliphatic rings. The van der Waals surface area contributed by atoms with Gasteiger partial charge in [0.1, 0.15) is 5.49 Å². The Hall–Kier alpha value is -0.810. The van der Waals surface area contributed by atoms with E-state index in [9.17, 15) is 4.79 Å². The van der Waals surface area contributed by atoms with Gasteiger partial charge in [-0.3, -0.25) is 9.36 Å². The summed E-state index contributed by atoms with van der Waals surface area (Å²) in [5.74, 6) is 0. The van der Waals surface area contributed by atoms with Crippen molar-refractivity contribution in [2.24, 2.45) is 4.99 Å². The zero-order valence-electron chi connectivity index (χ0n) is 10.4. The Bertz CT molecular complexity index is 661. The minimum Gasteiger partial charge on any atom is -0.292 e. The van der Waals surface area contributed by atoms with E-state index in [1.165, 1.54) is 0 Å². The molecule has 0 fully saturated rings. The monoisotopic (exact) mass is 326 g/mol. The fourth-order valence-electron chi connectivity index (χ4n) is 1.94. The molecule has 0 bridgehead atoms. The standard InChI is InChI=1S/C13H15BrN2OS/c1-3-16-12-9(8-10(14)13(16)17)6-4-5-7-11(15-12)18-2/h6-8H,3-5H2,1-2H3/b9-6-,11-7+,15-12+. The van der Waals surface area contributed by atoms with Crippen LogP contribution in [0.3, 0.4) is 0 Å². The molecule has 0 saturated carbocycles. The van der Waals surface area contributed by atoms with Gasteiger partial charge in [0.15, 0.2) is 0 Å². The van der Waals surface area contributed by atoms with Crippen molar-refractivity contribution in [3.8, 4) is 0 Å². The molecule has 1 aromatic rings. The summed E-state index contributed by atoms with van der Waals surface area (Å²) in [6, 6.07) is 1.87. The Morgan fingerprint density at radius 3 is 2.83 bits per heavy atom. The molecule has 2 rings (SSSR count). The molecule has 3 nitrogen and oxygen atoms in total. The SMILES string of the molecule is CCn1c(=O)c(Br)cc2/c1=N\C(SC)=C/CC\C=2. The number of rotatable bonds is 2. The van der Waals surface area contributed by atoms with Gasteiger partial charge in [-0.2, -0.15) is 0 Å². The van der Waals surface area contributed by atoms with E-state index in [-0.39, 0.29) is 5.56 Å². The number of pyridine rings is 1. The van der Waals surface area contributed by atoms with Crippen molar-refractivity contribution < 1.29 is 0 Å². The highest BCUT2D eigenvalue weighted by Crippen LogP contribution is 2.14. The molecule has 0 saturated heterocycles. The first-order chi connectivity index (χ1) is 8.67. The van der Waals surface area contributed by atoms with Gasteiger partial charge in [0.2, 0.25) is 0 Å². The lowest BCUT2D eigenvalue weighted by molar-refractivity contribution is 0.674. The molecule has 0 aliphatic carbocycles. The van der Waals surface area contributed by atoms with Gasteiger partial charge in [0.05, 0.1) is 9.50 Å². The summed E-state index contributed by atoms with van der Waals surface area (Å²) in [6.07, 6.45) is 8.23. The molecule has 0 unspecified atom stereocenters. The zero-order valence-corrected chi connectivity index (χ0v) is 12.8. The fourth-order valence-corrected chi connectivity index (χ4v) is 2.86. The van der Waals surface area contributed by atoms with Gasteiger partial charge in [-0.15, -0.1) is 11.8 Å². The van der Waals surface area contributed by atoms with Gasteiger partial charge >= 0.3 is 0 Å². The molecule has 0 atom stereocenters. The highest BCUT2D eigenvalue weighted by molar-refractivity contribution is 9.10. The Morgan fingerprint density at radius 2 is 2.17 bits per heavy atom.